The zero-order chi connectivity index (χ0) is 27.4. The number of para-hydroxylation sites is 2. The first-order valence-corrected chi connectivity index (χ1v) is 12.8. The Morgan fingerprint density at radius 2 is 1.50 bits per heavy atom. The van der Waals surface area contributed by atoms with Crippen molar-refractivity contribution < 1.29 is 24.2 Å². The summed E-state index contributed by atoms with van der Waals surface area (Å²) >= 11 is 0. The number of nitrogens with one attached hydrogen (secondary N) is 2. The van der Waals surface area contributed by atoms with Crippen molar-refractivity contribution in [3.8, 4) is 5.75 Å². The van der Waals surface area contributed by atoms with Gasteiger partial charge in [-0.3, -0.25) is 14.4 Å². The van der Waals surface area contributed by atoms with E-state index in [0.717, 1.165) is 11.1 Å². The van der Waals surface area contributed by atoms with E-state index in [-0.39, 0.29) is 6.42 Å². The molecule has 3 aromatic carbocycles. The second kappa shape index (κ2) is 11.2. The van der Waals surface area contributed by atoms with Gasteiger partial charge >= 0.3 is 0 Å². The van der Waals surface area contributed by atoms with Crippen molar-refractivity contribution in [1.29, 1.82) is 0 Å². The topological polar surface area (TPSA) is 105 Å². The predicted molar refractivity (Wildman–Crippen MR) is 147 cm³/mol. The molecule has 0 bridgehead atoms. The van der Waals surface area contributed by atoms with Gasteiger partial charge in [0.25, 0.3) is 0 Å². The number of aliphatic hydroxyl groups is 1. The molecule has 0 aliphatic heterocycles. The summed E-state index contributed by atoms with van der Waals surface area (Å²) in [4.78, 5) is 41.1. The number of hydrogen-bond donors (Lipinski definition) is 3. The van der Waals surface area contributed by atoms with Crippen LogP contribution < -0.4 is 15.4 Å². The lowest BCUT2D eigenvalue weighted by molar-refractivity contribution is -0.150. The first kappa shape index (κ1) is 27.1. The summed E-state index contributed by atoms with van der Waals surface area (Å²) in [5, 5.41) is 17.3. The van der Waals surface area contributed by atoms with E-state index in [4.69, 9.17) is 4.74 Å². The van der Waals surface area contributed by atoms with E-state index in [1.807, 2.05) is 51.1 Å². The van der Waals surface area contributed by atoms with E-state index in [0.29, 0.717) is 29.3 Å². The lowest BCUT2D eigenvalue weighted by Crippen LogP contribution is -2.56. The Balaban J connectivity index is 1.81. The molecule has 4 rings (SSSR count). The van der Waals surface area contributed by atoms with Crippen LogP contribution in [0.5, 0.6) is 5.75 Å². The van der Waals surface area contributed by atoms with E-state index < -0.39 is 41.0 Å². The van der Waals surface area contributed by atoms with Gasteiger partial charge in [-0.25, -0.2) is 0 Å². The monoisotopic (exact) mass is 514 g/mol. The SMILES string of the molecule is CCOc1cccc(C2C(C(=O)Nc3ccccc3C)C(=O)CC(C)(O)C2C(=O)Nc2ccccc2C)c1. The van der Waals surface area contributed by atoms with Gasteiger partial charge in [0.1, 0.15) is 17.5 Å². The zero-order valence-corrected chi connectivity index (χ0v) is 22.2. The van der Waals surface area contributed by atoms with Crippen molar-refractivity contribution >= 4 is 29.0 Å². The Morgan fingerprint density at radius 3 is 2.08 bits per heavy atom. The van der Waals surface area contributed by atoms with E-state index in [9.17, 15) is 19.5 Å². The number of Topliss-reactive ketones (excluding diaryl/α,β-unsaturated/α-hetero) is 1. The van der Waals surface area contributed by atoms with Gasteiger partial charge in [-0.2, -0.15) is 0 Å². The van der Waals surface area contributed by atoms with Crippen LogP contribution in [-0.2, 0) is 14.4 Å². The zero-order valence-electron chi connectivity index (χ0n) is 22.2. The minimum absolute atomic E-state index is 0.327. The smallest absolute Gasteiger partial charge is 0.235 e. The minimum atomic E-state index is -1.68. The van der Waals surface area contributed by atoms with Crippen LogP contribution in [0.3, 0.4) is 0 Å². The molecule has 38 heavy (non-hydrogen) atoms. The second-order valence-electron chi connectivity index (χ2n) is 10.1. The number of hydrogen-bond acceptors (Lipinski definition) is 5. The molecular formula is C31H34N2O5. The fraction of sp³-hybridized carbons (Fsp3) is 0.323. The van der Waals surface area contributed by atoms with Gasteiger partial charge in [-0.05, 0) is 68.7 Å². The van der Waals surface area contributed by atoms with Crippen molar-refractivity contribution in [3.63, 3.8) is 0 Å². The largest absolute Gasteiger partial charge is 0.494 e. The van der Waals surface area contributed by atoms with Gasteiger partial charge in [0.2, 0.25) is 11.8 Å². The molecule has 198 valence electrons. The van der Waals surface area contributed by atoms with Gasteiger partial charge in [0, 0.05) is 23.7 Å². The fourth-order valence-electron chi connectivity index (χ4n) is 5.32. The highest BCUT2D eigenvalue weighted by Crippen LogP contribution is 2.47. The number of ketones is 1. The number of amides is 2. The Bertz CT molecular complexity index is 1350. The van der Waals surface area contributed by atoms with Gasteiger partial charge in [-0.1, -0.05) is 48.5 Å². The molecule has 7 nitrogen and oxygen atoms in total. The molecule has 0 aromatic heterocycles. The second-order valence-corrected chi connectivity index (χ2v) is 10.1. The van der Waals surface area contributed by atoms with Gasteiger partial charge < -0.3 is 20.5 Å². The maximum Gasteiger partial charge on any atom is 0.235 e. The maximum atomic E-state index is 13.9. The molecule has 3 N–H and O–H groups in total. The van der Waals surface area contributed by atoms with Crippen LogP contribution in [0.4, 0.5) is 11.4 Å². The summed E-state index contributed by atoms with van der Waals surface area (Å²) in [7, 11) is 0. The lowest BCUT2D eigenvalue weighted by atomic mass is 9.61. The molecule has 0 saturated heterocycles. The standard InChI is InChI=1S/C31H34N2O5/c1-5-38-22-14-10-13-21(17-22)26-27(29(35)32-23-15-8-6-11-19(23)2)25(34)18-31(4,37)28(26)30(36)33-24-16-9-7-12-20(24)3/h6-17,26-28,37H,5,18H2,1-4H3,(H,32,35)(H,33,36). The van der Waals surface area contributed by atoms with Crippen molar-refractivity contribution in [2.75, 3.05) is 17.2 Å². The number of benzene rings is 3. The highest BCUT2D eigenvalue weighted by molar-refractivity contribution is 6.10. The van der Waals surface area contributed by atoms with E-state index in [1.165, 1.54) is 6.92 Å². The molecule has 1 aliphatic rings. The van der Waals surface area contributed by atoms with Crippen molar-refractivity contribution in [3.05, 3.63) is 89.5 Å². The summed E-state index contributed by atoms with van der Waals surface area (Å²) in [6, 6.07) is 21.7. The number of aryl methyl sites for hydroxylation is 2. The number of carbonyl (C=O) groups is 3. The van der Waals surface area contributed by atoms with Crippen LogP contribution in [0.1, 0.15) is 42.9 Å². The van der Waals surface area contributed by atoms with Crippen LogP contribution in [-0.4, -0.2) is 34.9 Å². The summed E-state index contributed by atoms with van der Waals surface area (Å²) in [5.74, 6) is -4.06. The van der Waals surface area contributed by atoms with Crippen molar-refractivity contribution in [2.45, 2.75) is 45.6 Å². The van der Waals surface area contributed by atoms with Crippen LogP contribution >= 0.6 is 0 Å². The van der Waals surface area contributed by atoms with Gasteiger partial charge in [-0.15, -0.1) is 0 Å². The molecule has 4 atom stereocenters. The van der Waals surface area contributed by atoms with Crippen LogP contribution in [0, 0.1) is 25.7 Å². The molecule has 1 aliphatic carbocycles. The number of carbonyl (C=O) groups excluding carboxylic acids is 3. The third kappa shape index (κ3) is 5.63. The Hall–Kier alpha value is -3.97. The summed E-state index contributed by atoms with van der Waals surface area (Å²) in [6.45, 7) is 7.52. The molecule has 1 saturated carbocycles. The average Bonchev–Trinajstić information content (AvgIpc) is 2.86. The maximum absolute atomic E-state index is 13.9. The van der Waals surface area contributed by atoms with E-state index >= 15 is 0 Å². The number of ether oxygens (including phenoxy) is 1. The average molecular weight is 515 g/mol. The highest BCUT2D eigenvalue weighted by Gasteiger charge is 2.56. The third-order valence-corrected chi connectivity index (χ3v) is 7.19. The fourth-order valence-corrected chi connectivity index (χ4v) is 5.32. The molecule has 7 heteroatoms. The van der Waals surface area contributed by atoms with E-state index in [2.05, 4.69) is 10.6 Å². The quantitative estimate of drug-likeness (QED) is 0.384. The third-order valence-electron chi connectivity index (χ3n) is 7.19. The molecule has 4 unspecified atom stereocenters. The first-order chi connectivity index (χ1) is 18.1. The van der Waals surface area contributed by atoms with Crippen LogP contribution in [0.15, 0.2) is 72.8 Å². The number of anilines is 2. The Labute approximate surface area is 223 Å². The molecule has 0 spiro atoms. The molecule has 3 aromatic rings. The predicted octanol–water partition coefficient (Wildman–Crippen LogP) is 5.02. The molecule has 0 radical (unpaired) electrons. The lowest BCUT2D eigenvalue weighted by Gasteiger charge is -2.44. The summed E-state index contributed by atoms with van der Waals surface area (Å²) in [5.41, 5.74) is 1.78. The van der Waals surface area contributed by atoms with Crippen LogP contribution in [0.25, 0.3) is 0 Å². The molecular weight excluding hydrogens is 480 g/mol. The molecule has 0 heterocycles. The van der Waals surface area contributed by atoms with E-state index in [1.54, 1.807) is 42.5 Å². The van der Waals surface area contributed by atoms with Crippen LogP contribution in [0.2, 0.25) is 0 Å². The number of rotatable bonds is 7. The van der Waals surface area contributed by atoms with Crippen molar-refractivity contribution in [1.82, 2.24) is 0 Å². The molecule has 1 fully saturated rings. The Morgan fingerprint density at radius 1 is 0.921 bits per heavy atom. The summed E-state index contributed by atoms with van der Waals surface area (Å²) in [6.07, 6.45) is -0.327. The van der Waals surface area contributed by atoms with Crippen molar-refractivity contribution in [2.24, 2.45) is 11.8 Å². The van der Waals surface area contributed by atoms with Gasteiger partial charge in [0.15, 0.2) is 0 Å². The van der Waals surface area contributed by atoms with Gasteiger partial charge in [0.05, 0.1) is 18.1 Å². The normalized spacial score (nSPS) is 23.0. The Kier molecular flexibility index (Phi) is 7.97. The first-order valence-electron chi connectivity index (χ1n) is 12.8. The highest BCUT2D eigenvalue weighted by atomic mass is 16.5. The minimum Gasteiger partial charge on any atom is -0.494 e. The molecule has 2 amide bonds. The summed E-state index contributed by atoms with van der Waals surface area (Å²) < 4.78 is 5.68.